The Balaban J connectivity index is 1.85. The van der Waals surface area contributed by atoms with E-state index in [4.69, 9.17) is 0 Å². The van der Waals surface area contributed by atoms with Crippen molar-refractivity contribution in [2.45, 2.75) is 27.2 Å². The van der Waals surface area contributed by atoms with Crippen LogP contribution in [0.4, 0.5) is 5.69 Å². The number of hydrogen-bond donors (Lipinski definition) is 2. The number of carbonyl (C=O) groups is 1. The summed E-state index contributed by atoms with van der Waals surface area (Å²) in [5.41, 5.74) is 2.11. The van der Waals surface area contributed by atoms with E-state index in [2.05, 4.69) is 19.2 Å². The van der Waals surface area contributed by atoms with Gasteiger partial charge in [0, 0.05) is 17.5 Å². The summed E-state index contributed by atoms with van der Waals surface area (Å²) in [7, 11) is 0. The number of anilines is 1. The van der Waals surface area contributed by atoms with Crippen LogP contribution in [0.25, 0.3) is 0 Å². The van der Waals surface area contributed by atoms with Gasteiger partial charge in [0.2, 0.25) is 0 Å². The van der Waals surface area contributed by atoms with Crippen LogP contribution < -0.4 is 10.2 Å². The van der Waals surface area contributed by atoms with E-state index in [1.807, 2.05) is 31.2 Å². The molecule has 2 atom stereocenters. The van der Waals surface area contributed by atoms with Crippen LogP contribution in [0.5, 0.6) is 0 Å². The van der Waals surface area contributed by atoms with Gasteiger partial charge in [-0.3, -0.25) is 4.79 Å². The van der Waals surface area contributed by atoms with Gasteiger partial charge < -0.3 is 10.2 Å². The zero-order valence-corrected chi connectivity index (χ0v) is 12.2. The molecule has 0 spiro atoms. The molecule has 104 valence electrons. The summed E-state index contributed by atoms with van der Waals surface area (Å²) < 4.78 is 0. The Hall–Kier alpha value is -1.35. The van der Waals surface area contributed by atoms with Crippen molar-refractivity contribution >= 4 is 11.6 Å². The lowest BCUT2D eigenvalue weighted by atomic mass is 9.92. The highest BCUT2D eigenvalue weighted by Crippen LogP contribution is 2.12. The highest BCUT2D eigenvalue weighted by Gasteiger charge is 2.26. The summed E-state index contributed by atoms with van der Waals surface area (Å²) in [6.45, 7) is 9.44. The molecular formula is C16H25N2O+. The molecule has 1 aromatic carbocycles. The van der Waals surface area contributed by atoms with E-state index < -0.39 is 0 Å². The van der Waals surface area contributed by atoms with Crippen molar-refractivity contribution in [3.8, 4) is 0 Å². The zero-order chi connectivity index (χ0) is 13.8. The van der Waals surface area contributed by atoms with Gasteiger partial charge in [-0.15, -0.1) is 0 Å². The largest absolute Gasteiger partial charge is 0.327 e. The number of benzene rings is 1. The summed E-state index contributed by atoms with van der Waals surface area (Å²) in [5, 5.41) is 2.99. The number of hydrogen-bond acceptors (Lipinski definition) is 1. The first kappa shape index (κ1) is 14.1. The smallest absolute Gasteiger partial charge is 0.279 e. The third-order valence-electron chi connectivity index (χ3n) is 3.82. The minimum absolute atomic E-state index is 0.125. The molecule has 1 aliphatic heterocycles. The average Bonchev–Trinajstić information content (AvgIpc) is 2.30. The summed E-state index contributed by atoms with van der Waals surface area (Å²) in [6.07, 6.45) is 1.29. The van der Waals surface area contributed by atoms with E-state index in [1.54, 1.807) is 0 Å². The quantitative estimate of drug-likeness (QED) is 0.849. The Morgan fingerprint density at radius 3 is 2.37 bits per heavy atom. The Morgan fingerprint density at radius 2 is 1.79 bits per heavy atom. The van der Waals surface area contributed by atoms with E-state index >= 15 is 0 Å². The van der Waals surface area contributed by atoms with E-state index in [0.29, 0.717) is 6.54 Å². The first-order valence-electron chi connectivity index (χ1n) is 7.23. The maximum atomic E-state index is 12.0. The number of quaternary nitrogens is 1. The standard InChI is InChI=1S/C16H24N2O/c1-12-4-6-15(7-5-12)17-16(19)11-18-9-13(2)8-14(3)10-18/h4-7,13-14H,8-11H2,1-3H3,(H,17,19)/p+1/t13-,14-/m0/s1. The lowest BCUT2D eigenvalue weighted by Gasteiger charge is -2.31. The molecule has 2 N–H and O–H groups in total. The molecule has 0 unspecified atom stereocenters. The summed E-state index contributed by atoms with van der Waals surface area (Å²) in [4.78, 5) is 13.5. The van der Waals surface area contributed by atoms with Gasteiger partial charge in [0.1, 0.15) is 0 Å². The molecule has 0 aliphatic carbocycles. The third kappa shape index (κ3) is 4.35. The van der Waals surface area contributed by atoms with Crippen LogP contribution in [0.1, 0.15) is 25.8 Å². The first-order valence-corrected chi connectivity index (χ1v) is 7.23. The highest BCUT2D eigenvalue weighted by atomic mass is 16.2. The summed E-state index contributed by atoms with van der Waals surface area (Å²) in [6, 6.07) is 7.97. The van der Waals surface area contributed by atoms with Gasteiger partial charge in [0.05, 0.1) is 13.1 Å². The second-order valence-electron chi connectivity index (χ2n) is 6.20. The van der Waals surface area contributed by atoms with Crippen molar-refractivity contribution in [1.82, 2.24) is 0 Å². The van der Waals surface area contributed by atoms with Gasteiger partial charge in [-0.1, -0.05) is 31.5 Å². The van der Waals surface area contributed by atoms with E-state index in [-0.39, 0.29) is 5.91 Å². The van der Waals surface area contributed by atoms with E-state index in [9.17, 15) is 4.79 Å². The fraction of sp³-hybridized carbons (Fsp3) is 0.562. The average molecular weight is 261 g/mol. The van der Waals surface area contributed by atoms with Crippen molar-refractivity contribution < 1.29 is 9.69 Å². The van der Waals surface area contributed by atoms with Crippen molar-refractivity contribution in [3.05, 3.63) is 29.8 Å². The molecule has 1 aromatic rings. The molecule has 2 rings (SSSR count). The normalized spacial score (nSPS) is 27.0. The maximum Gasteiger partial charge on any atom is 0.279 e. The fourth-order valence-electron chi connectivity index (χ4n) is 3.14. The molecule has 0 bridgehead atoms. The predicted molar refractivity (Wildman–Crippen MR) is 78.3 cm³/mol. The molecule has 19 heavy (non-hydrogen) atoms. The van der Waals surface area contributed by atoms with E-state index in [1.165, 1.54) is 16.9 Å². The van der Waals surface area contributed by atoms with Crippen LogP contribution in [-0.2, 0) is 4.79 Å². The summed E-state index contributed by atoms with van der Waals surface area (Å²) >= 11 is 0. The molecule has 1 aliphatic rings. The number of amides is 1. The van der Waals surface area contributed by atoms with Crippen molar-refractivity contribution in [2.75, 3.05) is 25.0 Å². The number of carbonyl (C=O) groups excluding carboxylic acids is 1. The van der Waals surface area contributed by atoms with Crippen LogP contribution in [-0.4, -0.2) is 25.5 Å². The SMILES string of the molecule is Cc1ccc(NC(=O)C[NH+]2C[C@@H](C)C[C@H](C)C2)cc1. The zero-order valence-electron chi connectivity index (χ0n) is 12.2. The monoisotopic (exact) mass is 261 g/mol. The van der Waals surface area contributed by atoms with Gasteiger partial charge in [0.25, 0.3) is 5.91 Å². The molecule has 1 fully saturated rings. The minimum Gasteiger partial charge on any atom is -0.327 e. The van der Waals surface area contributed by atoms with Crippen LogP contribution in [0.3, 0.4) is 0 Å². The number of rotatable bonds is 3. The molecule has 0 radical (unpaired) electrons. The maximum absolute atomic E-state index is 12.0. The lowest BCUT2D eigenvalue weighted by Crippen LogP contribution is -3.15. The summed E-state index contributed by atoms with van der Waals surface area (Å²) in [5.74, 6) is 1.58. The molecule has 3 heteroatoms. The van der Waals surface area contributed by atoms with Crippen molar-refractivity contribution in [2.24, 2.45) is 11.8 Å². The van der Waals surface area contributed by atoms with Crippen LogP contribution >= 0.6 is 0 Å². The Morgan fingerprint density at radius 1 is 1.21 bits per heavy atom. The molecule has 1 saturated heterocycles. The second-order valence-corrected chi connectivity index (χ2v) is 6.20. The highest BCUT2D eigenvalue weighted by molar-refractivity contribution is 5.91. The first-order chi connectivity index (χ1) is 9.02. The van der Waals surface area contributed by atoms with E-state index in [0.717, 1.165) is 30.6 Å². The number of piperidine rings is 1. The van der Waals surface area contributed by atoms with Crippen LogP contribution in [0, 0.1) is 18.8 Å². The fourth-order valence-corrected chi connectivity index (χ4v) is 3.14. The van der Waals surface area contributed by atoms with Crippen LogP contribution in [0.15, 0.2) is 24.3 Å². The molecule has 1 heterocycles. The van der Waals surface area contributed by atoms with Crippen molar-refractivity contribution in [3.63, 3.8) is 0 Å². The third-order valence-corrected chi connectivity index (χ3v) is 3.82. The Labute approximate surface area is 116 Å². The Kier molecular flexibility index (Phi) is 4.59. The molecule has 1 amide bonds. The van der Waals surface area contributed by atoms with Crippen molar-refractivity contribution in [1.29, 1.82) is 0 Å². The predicted octanol–water partition coefficient (Wildman–Crippen LogP) is 1.49. The number of likely N-dealkylation sites (tertiary alicyclic amines) is 1. The lowest BCUT2D eigenvalue weighted by molar-refractivity contribution is -0.904. The van der Waals surface area contributed by atoms with Gasteiger partial charge in [0.15, 0.2) is 6.54 Å². The molecule has 0 saturated carbocycles. The topological polar surface area (TPSA) is 33.5 Å². The Bertz CT molecular complexity index is 417. The van der Waals surface area contributed by atoms with Gasteiger partial charge in [-0.2, -0.15) is 0 Å². The number of nitrogens with one attached hydrogen (secondary N) is 2. The second kappa shape index (κ2) is 6.20. The van der Waals surface area contributed by atoms with Crippen LogP contribution in [0.2, 0.25) is 0 Å². The van der Waals surface area contributed by atoms with Gasteiger partial charge in [-0.25, -0.2) is 0 Å². The van der Waals surface area contributed by atoms with Gasteiger partial charge >= 0.3 is 0 Å². The minimum atomic E-state index is 0.125. The molecule has 3 nitrogen and oxygen atoms in total. The molecular weight excluding hydrogens is 236 g/mol. The van der Waals surface area contributed by atoms with Gasteiger partial charge in [-0.05, 0) is 25.5 Å². The number of aryl methyl sites for hydroxylation is 1. The molecule has 0 aromatic heterocycles.